The second-order valence-electron chi connectivity index (χ2n) is 6.05. The third-order valence-corrected chi connectivity index (χ3v) is 3.98. The molecule has 3 aromatic rings. The van der Waals surface area contributed by atoms with E-state index in [4.69, 9.17) is 4.74 Å². The van der Waals surface area contributed by atoms with Crippen molar-refractivity contribution in [1.29, 1.82) is 0 Å². The molecular formula is C20H19F3N4O. The van der Waals surface area contributed by atoms with Gasteiger partial charge in [0.15, 0.2) is 0 Å². The molecule has 2 N–H and O–H groups in total. The number of aromatic nitrogens is 2. The van der Waals surface area contributed by atoms with Gasteiger partial charge >= 0.3 is 6.18 Å². The summed E-state index contributed by atoms with van der Waals surface area (Å²) in [6.45, 7) is 2.24. The molecule has 146 valence electrons. The zero-order valence-corrected chi connectivity index (χ0v) is 15.3. The molecule has 0 aliphatic heterocycles. The number of methoxy groups -OCH3 is 1. The highest BCUT2D eigenvalue weighted by Crippen LogP contribution is 2.30. The zero-order valence-electron chi connectivity index (χ0n) is 15.3. The van der Waals surface area contributed by atoms with E-state index < -0.39 is 11.7 Å². The summed E-state index contributed by atoms with van der Waals surface area (Å²) in [6, 6.07) is 14.1. The number of benzene rings is 2. The van der Waals surface area contributed by atoms with Gasteiger partial charge in [0, 0.05) is 23.9 Å². The quantitative estimate of drug-likeness (QED) is 0.610. The van der Waals surface area contributed by atoms with E-state index in [1.54, 1.807) is 20.1 Å². The number of ether oxygens (including phenoxy) is 1. The predicted molar refractivity (Wildman–Crippen MR) is 102 cm³/mol. The van der Waals surface area contributed by atoms with E-state index in [1.807, 2.05) is 24.3 Å². The largest absolute Gasteiger partial charge is 0.496 e. The number of anilines is 3. The van der Waals surface area contributed by atoms with Gasteiger partial charge in [-0.3, -0.25) is 0 Å². The highest BCUT2D eigenvalue weighted by Gasteiger charge is 2.29. The van der Waals surface area contributed by atoms with Crippen LogP contribution in [0.5, 0.6) is 5.75 Å². The monoisotopic (exact) mass is 388 g/mol. The van der Waals surface area contributed by atoms with E-state index in [-0.39, 0.29) is 0 Å². The maximum Gasteiger partial charge on any atom is 0.416 e. The molecule has 0 spiro atoms. The van der Waals surface area contributed by atoms with E-state index in [1.165, 1.54) is 12.1 Å². The average molecular weight is 388 g/mol. The van der Waals surface area contributed by atoms with Gasteiger partial charge in [0.2, 0.25) is 0 Å². The molecule has 0 atom stereocenters. The number of nitrogens with zero attached hydrogens (tertiary/aromatic N) is 2. The fraction of sp³-hybridized carbons (Fsp3) is 0.200. The Labute approximate surface area is 160 Å². The van der Waals surface area contributed by atoms with Crippen LogP contribution in [0.4, 0.5) is 30.5 Å². The fourth-order valence-electron chi connectivity index (χ4n) is 2.65. The van der Waals surface area contributed by atoms with Crippen LogP contribution in [-0.2, 0) is 12.7 Å². The number of alkyl halides is 3. The van der Waals surface area contributed by atoms with Crippen LogP contribution in [0, 0.1) is 6.92 Å². The number of halogens is 3. The molecule has 0 amide bonds. The standard InChI is InChI=1S/C20H19F3N4O/c1-13-25-18(24-12-14-5-3-4-6-17(14)28-2)11-19(26-13)27-16-9-7-15(8-10-16)20(21,22)23/h3-11H,12H2,1-2H3,(H2,24,25,26,27). The maximum absolute atomic E-state index is 12.7. The Morgan fingerprint density at radius 1 is 0.964 bits per heavy atom. The van der Waals surface area contributed by atoms with Crippen LogP contribution in [-0.4, -0.2) is 17.1 Å². The van der Waals surface area contributed by atoms with Gasteiger partial charge in [-0.2, -0.15) is 13.2 Å². The molecule has 8 heteroatoms. The van der Waals surface area contributed by atoms with Crippen molar-refractivity contribution < 1.29 is 17.9 Å². The van der Waals surface area contributed by atoms with Gasteiger partial charge in [-0.1, -0.05) is 18.2 Å². The molecule has 5 nitrogen and oxygen atoms in total. The number of nitrogens with one attached hydrogen (secondary N) is 2. The first-order valence-electron chi connectivity index (χ1n) is 8.51. The molecule has 1 aromatic heterocycles. The lowest BCUT2D eigenvalue weighted by atomic mass is 10.2. The molecule has 28 heavy (non-hydrogen) atoms. The summed E-state index contributed by atoms with van der Waals surface area (Å²) in [5.74, 6) is 2.37. The van der Waals surface area contributed by atoms with Crippen LogP contribution in [0.15, 0.2) is 54.6 Å². The van der Waals surface area contributed by atoms with Crippen LogP contribution < -0.4 is 15.4 Å². The molecule has 0 fully saturated rings. The molecule has 2 aromatic carbocycles. The number of hydrogen-bond donors (Lipinski definition) is 2. The molecule has 0 aliphatic rings. The number of aryl methyl sites for hydroxylation is 1. The van der Waals surface area contributed by atoms with E-state index in [2.05, 4.69) is 20.6 Å². The Balaban J connectivity index is 1.72. The Bertz CT molecular complexity index is 943. The Morgan fingerprint density at radius 3 is 2.32 bits per heavy atom. The molecule has 0 unspecified atom stereocenters. The molecule has 0 saturated heterocycles. The summed E-state index contributed by atoms with van der Waals surface area (Å²) in [4.78, 5) is 8.62. The molecule has 0 saturated carbocycles. The average Bonchev–Trinajstić information content (AvgIpc) is 2.66. The summed E-state index contributed by atoms with van der Waals surface area (Å²) in [5, 5.41) is 6.21. The first-order chi connectivity index (χ1) is 13.3. The first-order valence-corrected chi connectivity index (χ1v) is 8.51. The number of hydrogen-bond acceptors (Lipinski definition) is 5. The Hall–Kier alpha value is -3.29. The van der Waals surface area contributed by atoms with Gasteiger partial charge < -0.3 is 15.4 Å². The highest BCUT2D eigenvalue weighted by molar-refractivity contribution is 5.59. The van der Waals surface area contributed by atoms with Crippen LogP contribution in [0.25, 0.3) is 0 Å². The fourth-order valence-corrected chi connectivity index (χ4v) is 2.65. The molecular weight excluding hydrogens is 369 g/mol. The van der Waals surface area contributed by atoms with Crippen molar-refractivity contribution in [2.45, 2.75) is 19.6 Å². The molecule has 1 heterocycles. The van der Waals surface area contributed by atoms with Crippen molar-refractivity contribution in [3.05, 3.63) is 71.5 Å². The van der Waals surface area contributed by atoms with Crippen molar-refractivity contribution in [2.24, 2.45) is 0 Å². The van der Waals surface area contributed by atoms with Gasteiger partial charge in [0.05, 0.1) is 12.7 Å². The van der Waals surface area contributed by atoms with Gasteiger partial charge in [-0.25, -0.2) is 9.97 Å². The molecule has 0 bridgehead atoms. The molecule has 0 radical (unpaired) electrons. The van der Waals surface area contributed by atoms with Gasteiger partial charge in [-0.05, 0) is 37.3 Å². The zero-order chi connectivity index (χ0) is 20.1. The molecule has 3 rings (SSSR count). The van der Waals surface area contributed by atoms with E-state index >= 15 is 0 Å². The van der Waals surface area contributed by atoms with Crippen molar-refractivity contribution in [3.8, 4) is 5.75 Å². The van der Waals surface area contributed by atoms with Crippen LogP contribution in [0.2, 0.25) is 0 Å². The normalized spacial score (nSPS) is 11.2. The lowest BCUT2D eigenvalue weighted by molar-refractivity contribution is -0.137. The second-order valence-corrected chi connectivity index (χ2v) is 6.05. The summed E-state index contributed by atoms with van der Waals surface area (Å²) >= 11 is 0. The Morgan fingerprint density at radius 2 is 1.64 bits per heavy atom. The van der Waals surface area contributed by atoms with Crippen LogP contribution >= 0.6 is 0 Å². The van der Waals surface area contributed by atoms with E-state index in [0.29, 0.717) is 29.7 Å². The second kappa shape index (κ2) is 8.16. The lowest BCUT2D eigenvalue weighted by Gasteiger charge is -2.12. The minimum atomic E-state index is -4.36. The minimum Gasteiger partial charge on any atom is -0.496 e. The van der Waals surface area contributed by atoms with Crippen molar-refractivity contribution in [3.63, 3.8) is 0 Å². The van der Waals surface area contributed by atoms with Crippen molar-refractivity contribution >= 4 is 17.3 Å². The summed E-state index contributed by atoms with van der Waals surface area (Å²) < 4.78 is 43.3. The lowest BCUT2D eigenvalue weighted by Crippen LogP contribution is -2.06. The van der Waals surface area contributed by atoms with Gasteiger partial charge in [0.25, 0.3) is 0 Å². The van der Waals surface area contributed by atoms with Gasteiger partial charge in [0.1, 0.15) is 23.2 Å². The van der Waals surface area contributed by atoms with E-state index in [0.717, 1.165) is 23.4 Å². The summed E-state index contributed by atoms with van der Waals surface area (Å²) in [7, 11) is 1.61. The summed E-state index contributed by atoms with van der Waals surface area (Å²) in [6.07, 6.45) is -4.36. The smallest absolute Gasteiger partial charge is 0.416 e. The highest BCUT2D eigenvalue weighted by atomic mass is 19.4. The third-order valence-electron chi connectivity index (χ3n) is 3.98. The topological polar surface area (TPSA) is 59.1 Å². The minimum absolute atomic E-state index is 0.481. The number of rotatable bonds is 6. The molecule has 0 aliphatic carbocycles. The maximum atomic E-state index is 12.7. The van der Waals surface area contributed by atoms with E-state index in [9.17, 15) is 13.2 Å². The first kappa shape index (κ1) is 19.5. The van der Waals surface area contributed by atoms with Gasteiger partial charge in [-0.15, -0.1) is 0 Å². The SMILES string of the molecule is COc1ccccc1CNc1cc(Nc2ccc(C(F)(F)F)cc2)nc(C)n1. The van der Waals surface area contributed by atoms with Crippen molar-refractivity contribution in [1.82, 2.24) is 9.97 Å². The third kappa shape index (κ3) is 4.91. The Kier molecular flexibility index (Phi) is 5.67. The predicted octanol–water partition coefficient (Wildman–Crippen LogP) is 5.17. The van der Waals surface area contributed by atoms with Crippen LogP contribution in [0.1, 0.15) is 17.0 Å². The van der Waals surface area contributed by atoms with Crippen LogP contribution in [0.3, 0.4) is 0 Å². The summed E-state index contributed by atoms with van der Waals surface area (Å²) in [5.41, 5.74) is 0.774. The van der Waals surface area contributed by atoms with Crippen molar-refractivity contribution in [2.75, 3.05) is 17.7 Å². The number of para-hydroxylation sites is 1.